The molecule has 1 fully saturated rings. The Labute approximate surface area is 173 Å². The highest BCUT2D eigenvalue weighted by Gasteiger charge is 2.70. The molecule has 0 heterocycles. The summed E-state index contributed by atoms with van der Waals surface area (Å²) in [6.07, 6.45) is 12.4. The summed E-state index contributed by atoms with van der Waals surface area (Å²) in [6.45, 7) is 5.89. The third-order valence-corrected chi connectivity index (χ3v) is 8.38. The molecule has 1 atom stereocenters. The van der Waals surface area contributed by atoms with Crippen LogP contribution in [-0.2, 0) is 32.4 Å². The molecule has 0 bridgehead atoms. The molecule has 1 unspecified atom stereocenters. The van der Waals surface area contributed by atoms with E-state index in [1.54, 1.807) is 6.08 Å². The lowest BCUT2D eigenvalue weighted by molar-refractivity contribution is -0.154. The Morgan fingerprint density at radius 2 is 1.55 bits per heavy atom. The van der Waals surface area contributed by atoms with E-state index in [1.165, 1.54) is 27.2 Å². The molecular weight excluding hydrogens is 392 g/mol. The molecule has 2 aliphatic carbocycles. The largest absolute Gasteiger partial charge is 0.743 e. The Bertz CT molecular complexity index is 638. The van der Waals surface area contributed by atoms with Crippen LogP contribution in [0, 0.1) is 5.92 Å². The van der Waals surface area contributed by atoms with Gasteiger partial charge in [-0.2, -0.15) is 0 Å². The fourth-order valence-electron chi connectivity index (χ4n) is 4.07. The highest BCUT2D eigenvalue weighted by molar-refractivity contribution is 6.69. The van der Waals surface area contributed by atoms with Gasteiger partial charge in [-0.25, -0.2) is 0 Å². The quantitative estimate of drug-likeness (QED) is 0.548. The van der Waals surface area contributed by atoms with Crippen LogP contribution in [0.5, 0.6) is 0 Å². The van der Waals surface area contributed by atoms with Gasteiger partial charge in [0.25, 0.3) is 17.9 Å². The summed E-state index contributed by atoms with van der Waals surface area (Å²) in [6, 6.07) is 0. The zero-order valence-corrected chi connectivity index (χ0v) is 18.8. The second-order valence-electron chi connectivity index (χ2n) is 7.69. The van der Waals surface area contributed by atoms with Crippen molar-refractivity contribution in [2.75, 3.05) is 6.61 Å². The first-order valence-corrected chi connectivity index (χ1v) is 12.1. The van der Waals surface area contributed by atoms with Crippen LogP contribution >= 0.6 is 0 Å². The van der Waals surface area contributed by atoms with Gasteiger partial charge in [-0.1, -0.05) is 43.9 Å². The molecule has 1 saturated carbocycles. The minimum atomic E-state index is -4.28. The van der Waals surface area contributed by atoms with Crippen LogP contribution in [-0.4, -0.2) is 38.5 Å². The van der Waals surface area contributed by atoms with Crippen molar-refractivity contribution in [2.24, 2.45) is 5.92 Å². The average Bonchev–Trinajstić information content (AvgIpc) is 2.65. The third kappa shape index (κ3) is 5.79. The van der Waals surface area contributed by atoms with Gasteiger partial charge < -0.3 is 18.0 Å². The smallest absolute Gasteiger partial charge is 0.454 e. The summed E-state index contributed by atoms with van der Waals surface area (Å²) < 4.78 is 22.8. The highest BCUT2D eigenvalue weighted by atomic mass is 28.4. The Hall–Kier alpha value is -1.93. The van der Waals surface area contributed by atoms with Crippen molar-refractivity contribution in [1.29, 1.82) is 0 Å². The molecule has 0 spiro atoms. The molecule has 29 heavy (non-hydrogen) atoms. The number of rotatable bonds is 8. The van der Waals surface area contributed by atoms with Gasteiger partial charge in [0.1, 0.15) is 0 Å². The topological polar surface area (TPSA) is 88.1 Å². The van der Waals surface area contributed by atoms with E-state index in [4.69, 9.17) is 18.0 Å². The van der Waals surface area contributed by atoms with Gasteiger partial charge in [0, 0.05) is 33.8 Å². The fraction of sp³-hybridized carbons (Fsp3) is 0.667. The predicted molar refractivity (Wildman–Crippen MR) is 108 cm³/mol. The minimum absolute atomic E-state index is 0.334. The fourth-order valence-corrected chi connectivity index (χ4v) is 6.85. The van der Waals surface area contributed by atoms with Crippen molar-refractivity contribution in [2.45, 2.75) is 77.9 Å². The van der Waals surface area contributed by atoms with Crippen LogP contribution < -0.4 is 0 Å². The molecule has 0 aliphatic heterocycles. The maximum absolute atomic E-state index is 12.0. The van der Waals surface area contributed by atoms with Crippen molar-refractivity contribution in [3.05, 3.63) is 23.8 Å². The van der Waals surface area contributed by atoms with E-state index >= 15 is 0 Å². The van der Waals surface area contributed by atoms with E-state index in [-0.39, 0.29) is 0 Å². The maximum Gasteiger partial charge on any atom is 0.743 e. The second kappa shape index (κ2) is 10.2. The Morgan fingerprint density at radius 1 is 1.00 bits per heavy atom. The van der Waals surface area contributed by atoms with E-state index < -0.39 is 31.9 Å². The lowest BCUT2D eigenvalue weighted by Gasteiger charge is -2.43. The monoisotopic (exact) mass is 424 g/mol. The van der Waals surface area contributed by atoms with Gasteiger partial charge in [-0.05, 0) is 31.3 Å². The van der Waals surface area contributed by atoms with Crippen molar-refractivity contribution in [3.8, 4) is 0 Å². The number of hydrogen-bond donors (Lipinski definition) is 0. The van der Waals surface area contributed by atoms with Gasteiger partial charge in [-0.3, -0.25) is 14.4 Å². The lowest BCUT2D eigenvalue weighted by atomic mass is 9.80. The molecule has 7 nitrogen and oxygen atoms in total. The summed E-state index contributed by atoms with van der Waals surface area (Å²) >= 11 is 0. The van der Waals surface area contributed by atoms with Gasteiger partial charge in [0.2, 0.25) is 0 Å². The number of carbonyl (C=O) groups is 3. The van der Waals surface area contributed by atoms with E-state index in [9.17, 15) is 14.4 Å². The Kier molecular flexibility index (Phi) is 8.21. The molecule has 2 aliphatic rings. The molecule has 0 amide bonds. The molecule has 162 valence electrons. The first-order valence-electron chi connectivity index (χ1n) is 10.3. The van der Waals surface area contributed by atoms with E-state index in [0.717, 1.165) is 31.3 Å². The molecule has 0 saturated heterocycles. The molecule has 0 aromatic rings. The molecule has 0 radical (unpaired) electrons. The minimum Gasteiger partial charge on any atom is -0.454 e. The molecule has 0 N–H and O–H groups in total. The standard InChI is InChI=1S/C21H32O7Si/c1-5-14-25-21(13-9-12-20(15-21)19-10-7-6-8-11-19)29(26-16(2)22,27-17(3)23)28-18(4)24/h9,12-13,19H,5-8,10-11,14-15H2,1-4H3. The lowest BCUT2D eigenvalue weighted by Crippen LogP contribution is -2.68. The van der Waals surface area contributed by atoms with Crippen LogP contribution in [0.2, 0.25) is 0 Å². The first-order chi connectivity index (χ1) is 13.7. The van der Waals surface area contributed by atoms with Crippen LogP contribution in [0.1, 0.15) is 72.6 Å². The van der Waals surface area contributed by atoms with Crippen molar-refractivity contribution in [3.63, 3.8) is 0 Å². The molecular formula is C21H32O7Si. The van der Waals surface area contributed by atoms with Crippen molar-refractivity contribution < 1.29 is 32.4 Å². The number of carbonyl (C=O) groups excluding carboxylic acids is 3. The van der Waals surface area contributed by atoms with Crippen LogP contribution in [0.3, 0.4) is 0 Å². The van der Waals surface area contributed by atoms with E-state index in [2.05, 4.69) is 6.08 Å². The van der Waals surface area contributed by atoms with Crippen LogP contribution in [0.25, 0.3) is 0 Å². The summed E-state index contributed by atoms with van der Waals surface area (Å²) in [4.78, 5) is 36.0. The zero-order valence-electron chi connectivity index (χ0n) is 17.8. The first kappa shape index (κ1) is 23.3. The highest BCUT2D eigenvalue weighted by Crippen LogP contribution is 2.43. The Balaban J connectivity index is 2.52. The van der Waals surface area contributed by atoms with E-state index in [1.807, 2.05) is 13.0 Å². The summed E-state index contributed by atoms with van der Waals surface area (Å²) in [5.74, 6) is -1.69. The normalized spacial score (nSPS) is 22.6. The van der Waals surface area contributed by atoms with Gasteiger partial charge >= 0.3 is 8.80 Å². The van der Waals surface area contributed by atoms with Crippen molar-refractivity contribution in [1.82, 2.24) is 0 Å². The van der Waals surface area contributed by atoms with E-state index in [0.29, 0.717) is 25.4 Å². The SMILES string of the molecule is CCCOC1([Si](OC(C)=O)(OC(C)=O)OC(C)=O)C=CC=C(C2CCCCC2)C1. The predicted octanol–water partition coefficient (Wildman–Crippen LogP) is 3.79. The summed E-state index contributed by atoms with van der Waals surface area (Å²) in [7, 11) is -4.28. The van der Waals surface area contributed by atoms with Crippen LogP contribution in [0.4, 0.5) is 0 Å². The second-order valence-corrected chi connectivity index (χ2v) is 10.3. The van der Waals surface area contributed by atoms with Gasteiger partial charge in [-0.15, -0.1) is 0 Å². The number of hydrogen-bond acceptors (Lipinski definition) is 7. The van der Waals surface area contributed by atoms with Crippen LogP contribution in [0.15, 0.2) is 23.8 Å². The molecule has 0 aromatic heterocycles. The third-order valence-electron chi connectivity index (χ3n) is 5.19. The summed E-state index contributed by atoms with van der Waals surface area (Å²) in [5, 5.41) is -1.33. The Morgan fingerprint density at radius 3 is 2.03 bits per heavy atom. The van der Waals surface area contributed by atoms with Gasteiger partial charge in [0.05, 0.1) is 0 Å². The zero-order chi connectivity index (χ0) is 21.5. The van der Waals surface area contributed by atoms with Crippen molar-refractivity contribution >= 4 is 26.7 Å². The van der Waals surface area contributed by atoms with Gasteiger partial charge in [0.15, 0.2) is 5.22 Å². The molecule has 8 heteroatoms. The summed E-state index contributed by atoms with van der Waals surface area (Å²) in [5.41, 5.74) is 1.15. The molecule has 2 rings (SSSR count). The average molecular weight is 425 g/mol. The number of ether oxygens (including phenoxy) is 1. The molecule has 0 aromatic carbocycles. The number of allylic oxidation sites excluding steroid dienone is 2. The maximum atomic E-state index is 12.0.